The van der Waals surface area contributed by atoms with Crippen LogP contribution in [0.25, 0.3) is 0 Å². The zero-order chi connectivity index (χ0) is 19.3. The van der Waals surface area contributed by atoms with E-state index in [0.717, 1.165) is 23.1 Å². The average Bonchev–Trinajstić information content (AvgIpc) is 2.59. The van der Waals surface area contributed by atoms with Gasteiger partial charge in [-0.25, -0.2) is 4.79 Å². The van der Waals surface area contributed by atoms with Crippen molar-refractivity contribution in [1.82, 2.24) is 0 Å². The summed E-state index contributed by atoms with van der Waals surface area (Å²) in [6.45, 7) is -0.658. The molecule has 0 fully saturated rings. The Hall–Kier alpha value is -2.19. The lowest BCUT2D eigenvalue weighted by atomic mass is 10.2. The van der Waals surface area contributed by atoms with Crippen molar-refractivity contribution < 1.29 is 27.5 Å². The van der Waals surface area contributed by atoms with Gasteiger partial charge < -0.3 is 10.1 Å². The summed E-state index contributed by atoms with van der Waals surface area (Å²) in [5.41, 5.74) is -0.846. The summed E-state index contributed by atoms with van der Waals surface area (Å²) >= 11 is 7.34. The average molecular weight is 404 g/mol. The quantitative estimate of drug-likeness (QED) is 0.571. The number of esters is 1. The van der Waals surface area contributed by atoms with Crippen LogP contribution in [0.2, 0.25) is 5.02 Å². The van der Waals surface area contributed by atoms with Crippen LogP contribution >= 0.6 is 23.4 Å². The predicted octanol–water partition coefficient (Wildman–Crippen LogP) is 4.88. The highest BCUT2D eigenvalue weighted by molar-refractivity contribution is 7.98. The topological polar surface area (TPSA) is 55.4 Å². The minimum absolute atomic E-state index is 0.0525. The molecule has 138 valence electrons. The van der Waals surface area contributed by atoms with Crippen LogP contribution in [0.3, 0.4) is 0 Å². The van der Waals surface area contributed by atoms with E-state index in [0.29, 0.717) is 0 Å². The summed E-state index contributed by atoms with van der Waals surface area (Å²) in [5.74, 6) is -1.57. The molecule has 0 aromatic heterocycles. The molecular formula is C17H13ClF3NO3S. The minimum Gasteiger partial charge on any atom is -0.452 e. The largest absolute Gasteiger partial charge is 0.452 e. The maximum absolute atomic E-state index is 12.7. The van der Waals surface area contributed by atoms with Crippen LogP contribution in [-0.2, 0) is 15.7 Å². The van der Waals surface area contributed by atoms with Crippen molar-refractivity contribution in [2.24, 2.45) is 0 Å². The van der Waals surface area contributed by atoms with Crippen molar-refractivity contribution in [3.05, 3.63) is 58.6 Å². The fraction of sp³-hybridized carbons (Fsp3) is 0.176. The van der Waals surface area contributed by atoms with Gasteiger partial charge in [0, 0.05) is 10.6 Å². The number of rotatable bonds is 5. The van der Waals surface area contributed by atoms with Crippen LogP contribution in [0.4, 0.5) is 18.9 Å². The van der Waals surface area contributed by atoms with E-state index < -0.39 is 30.2 Å². The Labute approximate surface area is 156 Å². The highest BCUT2D eigenvalue weighted by Crippen LogP contribution is 2.30. The van der Waals surface area contributed by atoms with E-state index in [9.17, 15) is 22.8 Å². The summed E-state index contributed by atoms with van der Waals surface area (Å²) in [4.78, 5) is 24.6. The van der Waals surface area contributed by atoms with Gasteiger partial charge in [-0.05, 0) is 42.7 Å². The number of ether oxygens (including phenoxy) is 1. The summed E-state index contributed by atoms with van der Waals surface area (Å²) in [6, 6.07) is 8.93. The third-order valence-corrected chi connectivity index (χ3v) is 4.26. The maximum Gasteiger partial charge on any atom is 0.416 e. The molecule has 0 radical (unpaired) electrons. The molecule has 2 rings (SSSR count). The molecule has 2 aromatic carbocycles. The Morgan fingerprint density at radius 1 is 1.19 bits per heavy atom. The van der Waals surface area contributed by atoms with Crippen LogP contribution in [0.15, 0.2) is 47.4 Å². The van der Waals surface area contributed by atoms with E-state index in [1.807, 2.05) is 6.26 Å². The monoisotopic (exact) mass is 403 g/mol. The number of amides is 1. The predicted molar refractivity (Wildman–Crippen MR) is 93.6 cm³/mol. The Bertz CT molecular complexity index is 827. The van der Waals surface area contributed by atoms with Gasteiger partial charge >= 0.3 is 12.1 Å². The van der Waals surface area contributed by atoms with E-state index in [1.165, 1.54) is 30.0 Å². The Balaban J connectivity index is 1.98. The fourth-order valence-corrected chi connectivity index (χ4v) is 2.60. The van der Waals surface area contributed by atoms with Crippen molar-refractivity contribution in [1.29, 1.82) is 0 Å². The van der Waals surface area contributed by atoms with Gasteiger partial charge in [0.1, 0.15) is 0 Å². The molecule has 0 saturated heterocycles. The number of carbonyl (C=O) groups is 2. The molecule has 0 unspecified atom stereocenters. The van der Waals surface area contributed by atoms with Gasteiger partial charge in [0.25, 0.3) is 5.91 Å². The van der Waals surface area contributed by atoms with Gasteiger partial charge in [0.15, 0.2) is 6.61 Å². The summed E-state index contributed by atoms with van der Waals surface area (Å²) in [5, 5.41) is 2.42. The van der Waals surface area contributed by atoms with E-state index in [1.54, 1.807) is 6.07 Å². The second-order valence-electron chi connectivity index (χ2n) is 5.05. The molecular weight excluding hydrogens is 391 g/mol. The Morgan fingerprint density at radius 3 is 2.58 bits per heavy atom. The molecule has 0 saturated carbocycles. The number of halogens is 4. The summed E-state index contributed by atoms with van der Waals surface area (Å²) in [7, 11) is 0. The van der Waals surface area contributed by atoms with Gasteiger partial charge in [-0.15, -0.1) is 11.8 Å². The Kier molecular flexibility index (Phi) is 6.55. The lowest BCUT2D eigenvalue weighted by Gasteiger charge is -2.10. The van der Waals surface area contributed by atoms with Crippen LogP contribution in [0.5, 0.6) is 0 Å². The van der Waals surface area contributed by atoms with Crippen molar-refractivity contribution >= 4 is 40.9 Å². The third kappa shape index (κ3) is 5.40. The number of hydrogen-bond donors (Lipinski definition) is 1. The van der Waals surface area contributed by atoms with Gasteiger partial charge in [-0.2, -0.15) is 13.2 Å². The number of carbonyl (C=O) groups excluding carboxylic acids is 2. The zero-order valence-corrected chi connectivity index (χ0v) is 15.0. The van der Waals surface area contributed by atoms with Crippen molar-refractivity contribution in [3.63, 3.8) is 0 Å². The van der Waals surface area contributed by atoms with Gasteiger partial charge in [-0.1, -0.05) is 17.7 Å². The molecule has 9 heteroatoms. The molecule has 1 amide bonds. The molecule has 1 N–H and O–H groups in total. The third-order valence-electron chi connectivity index (χ3n) is 3.20. The highest BCUT2D eigenvalue weighted by Gasteiger charge is 2.30. The van der Waals surface area contributed by atoms with Crippen LogP contribution in [0.1, 0.15) is 15.9 Å². The molecule has 2 aromatic rings. The lowest BCUT2D eigenvalue weighted by molar-refractivity contribution is -0.137. The minimum atomic E-state index is -4.52. The van der Waals surface area contributed by atoms with E-state index >= 15 is 0 Å². The number of hydrogen-bond acceptors (Lipinski definition) is 4. The Morgan fingerprint density at radius 2 is 1.92 bits per heavy atom. The zero-order valence-electron chi connectivity index (χ0n) is 13.4. The van der Waals surface area contributed by atoms with Crippen molar-refractivity contribution in [2.45, 2.75) is 11.1 Å². The fourth-order valence-electron chi connectivity index (χ4n) is 1.97. The number of anilines is 1. The first kappa shape index (κ1) is 20.1. The van der Waals surface area contributed by atoms with Crippen LogP contribution in [-0.4, -0.2) is 24.7 Å². The molecule has 26 heavy (non-hydrogen) atoms. The molecule has 0 aliphatic carbocycles. The molecule has 0 aliphatic rings. The lowest BCUT2D eigenvalue weighted by Crippen LogP contribution is -2.21. The smallest absolute Gasteiger partial charge is 0.416 e. The second-order valence-corrected chi connectivity index (χ2v) is 6.34. The number of alkyl halides is 3. The summed E-state index contributed by atoms with van der Waals surface area (Å²) < 4.78 is 42.8. The molecule has 0 spiro atoms. The van der Waals surface area contributed by atoms with Crippen molar-refractivity contribution in [3.8, 4) is 0 Å². The van der Waals surface area contributed by atoms with Crippen molar-refractivity contribution in [2.75, 3.05) is 18.2 Å². The maximum atomic E-state index is 12.7. The standard InChI is InChI=1S/C17H13ClF3NO3S/c1-26-12-5-6-14(18)13(8-12)16(24)25-9-15(23)22-11-4-2-3-10(7-11)17(19,20)21/h2-8H,9H2,1H3,(H,22,23). The van der Waals surface area contributed by atoms with Gasteiger partial charge in [-0.3, -0.25) is 4.79 Å². The normalized spacial score (nSPS) is 11.1. The van der Waals surface area contributed by atoms with Crippen LogP contribution < -0.4 is 5.32 Å². The number of benzene rings is 2. The summed E-state index contributed by atoms with van der Waals surface area (Å²) in [6.07, 6.45) is -2.70. The highest BCUT2D eigenvalue weighted by atomic mass is 35.5. The first-order chi connectivity index (χ1) is 12.2. The van der Waals surface area contributed by atoms with Gasteiger partial charge in [0.05, 0.1) is 16.1 Å². The molecule has 0 bridgehead atoms. The molecule has 0 atom stereocenters. The number of nitrogens with one attached hydrogen (secondary N) is 1. The molecule has 0 heterocycles. The molecule has 4 nitrogen and oxygen atoms in total. The first-order valence-electron chi connectivity index (χ1n) is 7.18. The van der Waals surface area contributed by atoms with E-state index in [2.05, 4.69) is 5.32 Å². The SMILES string of the molecule is CSc1ccc(Cl)c(C(=O)OCC(=O)Nc2cccc(C(F)(F)F)c2)c1. The molecule has 0 aliphatic heterocycles. The van der Waals surface area contributed by atoms with Gasteiger partial charge in [0.2, 0.25) is 0 Å². The first-order valence-corrected chi connectivity index (χ1v) is 8.79. The van der Waals surface area contributed by atoms with E-state index in [4.69, 9.17) is 16.3 Å². The second kappa shape index (κ2) is 8.46. The number of thioether (sulfide) groups is 1. The van der Waals surface area contributed by atoms with E-state index in [-0.39, 0.29) is 16.3 Å². The van der Waals surface area contributed by atoms with Crippen LogP contribution in [0, 0.1) is 0 Å².